The zero-order chi connectivity index (χ0) is 14.5. The Balaban J connectivity index is 2.01. The van der Waals surface area contributed by atoms with Crippen molar-refractivity contribution in [3.63, 3.8) is 0 Å². The van der Waals surface area contributed by atoms with E-state index in [-0.39, 0.29) is 0 Å². The van der Waals surface area contributed by atoms with Crippen LogP contribution in [0.2, 0.25) is 0 Å². The molecule has 0 atom stereocenters. The van der Waals surface area contributed by atoms with Gasteiger partial charge in [-0.05, 0) is 45.8 Å². The van der Waals surface area contributed by atoms with Crippen LogP contribution >= 0.6 is 0 Å². The number of hydrogen-bond donors (Lipinski definition) is 2. The summed E-state index contributed by atoms with van der Waals surface area (Å²) in [5.41, 5.74) is 1.11. The molecule has 112 valence electrons. The minimum Gasteiger partial charge on any atom is -0.373 e. The van der Waals surface area contributed by atoms with Crippen molar-refractivity contribution in [3.8, 4) is 0 Å². The Morgan fingerprint density at radius 2 is 1.85 bits per heavy atom. The molecular formula is C15H27N5. The predicted octanol–water partition coefficient (Wildman–Crippen LogP) is 2.14. The first kappa shape index (κ1) is 15.0. The van der Waals surface area contributed by atoms with Crippen molar-refractivity contribution < 1.29 is 0 Å². The highest BCUT2D eigenvalue weighted by Crippen LogP contribution is 2.22. The van der Waals surface area contributed by atoms with Gasteiger partial charge in [0.25, 0.3) is 0 Å². The third-order valence-electron chi connectivity index (χ3n) is 4.14. The van der Waals surface area contributed by atoms with Gasteiger partial charge in [0.15, 0.2) is 0 Å². The highest BCUT2D eigenvalue weighted by molar-refractivity contribution is 5.57. The van der Waals surface area contributed by atoms with Crippen LogP contribution in [-0.2, 0) is 6.42 Å². The lowest BCUT2D eigenvalue weighted by atomic mass is 9.97. The van der Waals surface area contributed by atoms with Crippen molar-refractivity contribution in [2.45, 2.75) is 33.1 Å². The van der Waals surface area contributed by atoms with Crippen LogP contribution in [0.15, 0.2) is 0 Å². The molecule has 2 heterocycles. The largest absolute Gasteiger partial charge is 0.373 e. The first-order valence-corrected chi connectivity index (χ1v) is 7.61. The number of nitrogens with one attached hydrogen (secondary N) is 2. The summed E-state index contributed by atoms with van der Waals surface area (Å²) in [6, 6.07) is 0. The molecule has 1 aliphatic rings. The average molecular weight is 277 g/mol. The van der Waals surface area contributed by atoms with Gasteiger partial charge in [-0.15, -0.1) is 0 Å². The number of nitrogens with zero attached hydrogens (tertiary/aromatic N) is 3. The summed E-state index contributed by atoms with van der Waals surface area (Å²) < 4.78 is 0. The molecule has 1 aromatic heterocycles. The van der Waals surface area contributed by atoms with E-state index in [4.69, 9.17) is 0 Å². The molecule has 0 bridgehead atoms. The van der Waals surface area contributed by atoms with E-state index >= 15 is 0 Å². The third-order valence-corrected chi connectivity index (χ3v) is 4.14. The molecular weight excluding hydrogens is 250 g/mol. The normalized spacial score (nSPS) is 17.2. The molecule has 1 fully saturated rings. The number of rotatable bonds is 5. The van der Waals surface area contributed by atoms with Crippen molar-refractivity contribution in [1.29, 1.82) is 0 Å². The van der Waals surface area contributed by atoms with Gasteiger partial charge < -0.3 is 15.5 Å². The summed E-state index contributed by atoms with van der Waals surface area (Å²) >= 11 is 0. The van der Waals surface area contributed by atoms with Crippen LogP contribution in [0.4, 0.5) is 11.6 Å². The average Bonchev–Trinajstić information content (AvgIpc) is 2.48. The first-order valence-electron chi connectivity index (χ1n) is 7.61. The molecule has 1 aromatic rings. The highest BCUT2D eigenvalue weighted by atomic mass is 15.1. The van der Waals surface area contributed by atoms with Crippen molar-refractivity contribution >= 4 is 11.6 Å². The molecule has 0 aromatic carbocycles. The number of aromatic nitrogens is 2. The maximum atomic E-state index is 4.63. The summed E-state index contributed by atoms with van der Waals surface area (Å²) in [5, 5.41) is 6.69. The van der Waals surface area contributed by atoms with Gasteiger partial charge in [0, 0.05) is 25.6 Å². The Labute approximate surface area is 122 Å². The van der Waals surface area contributed by atoms with Gasteiger partial charge in [-0.1, -0.05) is 6.92 Å². The second-order valence-electron chi connectivity index (χ2n) is 5.69. The van der Waals surface area contributed by atoms with E-state index in [2.05, 4.69) is 46.4 Å². The molecule has 20 heavy (non-hydrogen) atoms. The summed E-state index contributed by atoms with van der Waals surface area (Å²) in [5.74, 6) is 3.57. The van der Waals surface area contributed by atoms with Crippen LogP contribution < -0.4 is 10.6 Å². The Hall–Kier alpha value is -1.36. The van der Waals surface area contributed by atoms with E-state index in [1.165, 1.54) is 25.9 Å². The first-order chi connectivity index (χ1) is 9.63. The van der Waals surface area contributed by atoms with Crippen LogP contribution in [0, 0.1) is 12.8 Å². The standard InChI is InChI=1S/C15H27N5/c1-5-13-18-14(16-3)11(2)15(19-13)17-10-12-6-8-20(4)9-7-12/h12H,5-10H2,1-4H3,(H2,16,17,18,19). The van der Waals surface area contributed by atoms with Crippen molar-refractivity contribution in [3.05, 3.63) is 11.4 Å². The van der Waals surface area contributed by atoms with Crippen LogP contribution in [0.1, 0.15) is 31.2 Å². The maximum absolute atomic E-state index is 4.63. The van der Waals surface area contributed by atoms with Gasteiger partial charge in [0.1, 0.15) is 17.5 Å². The zero-order valence-electron chi connectivity index (χ0n) is 13.2. The van der Waals surface area contributed by atoms with Crippen LogP contribution in [0.5, 0.6) is 0 Å². The Bertz CT molecular complexity index is 438. The zero-order valence-corrected chi connectivity index (χ0v) is 13.2. The smallest absolute Gasteiger partial charge is 0.134 e. The molecule has 2 N–H and O–H groups in total. The van der Waals surface area contributed by atoms with Gasteiger partial charge in [-0.3, -0.25) is 0 Å². The minimum atomic E-state index is 0.753. The quantitative estimate of drug-likeness (QED) is 0.863. The molecule has 5 heteroatoms. The molecule has 0 aliphatic carbocycles. The van der Waals surface area contributed by atoms with E-state index in [0.29, 0.717) is 0 Å². The molecule has 0 spiro atoms. The van der Waals surface area contributed by atoms with E-state index in [9.17, 15) is 0 Å². The Morgan fingerprint density at radius 1 is 1.20 bits per heavy atom. The molecule has 2 rings (SSSR count). The number of aryl methyl sites for hydroxylation is 1. The number of piperidine rings is 1. The molecule has 0 unspecified atom stereocenters. The number of anilines is 2. The molecule has 1 aliphatic heterocycles. The molecule has 0 saturated carbocycles. The second kappa shape index (κ2) is 6.88. The summed E-state index contributed by atoms with van der Waals surface area (Å²) in [4.78, 5) is 11.5. The fraction of sp³-hybridized carbons (Fsp3) is 0.733. The minimum absolute atomic E-state index is 0.753. The predicted molar refractivity (Wildman–Crippen MR) is 84.4 cm³/mol. The SMILES string of the molecule is CCc1nc(NC)c(C)c(NCC2CCN(C)CC2)n1. The van der Waals surface area contributed by atoms with Crippen molar-refractivity contribution in [2.24, 2.45) is 5.92 Å². The van der Waals surface area contributed by atoms with Crippen LogP contribution in [0.25, 0.3) is 0 Å². The fourth-order valence-corrected chi connectivity index (χ4v) is 2.64. The van der Waals surface area contributed by atoms with Crippen LogP contribution in [-0.4, -0.2) is 48.6 Å². The van der Waals surface area contributed by atoms with Crippen molar-refractivity contribution in [2.75, 3.05) is 44.4 Å². The van der Waals surface area contributed by atoms with Crippen molar-refractivity contribution in [1.82, 2.24) is 14.9 Å². The van der Waals surface area contributed by atoms with Gasteiger partial charge in [0.2, 0.25) is 0 Å². The summed E-state index contributed by atoms with van der Waals surface area (Å²) in [7, 11) is 4.11. The van der Waals surface area contributed by atoms with E-state index in [1.54, 1.807) is 0 Å². The maximum Gasteiger partial charge on any atom is 0.134 e. The summed E-state index contributed by atoms with van der Waals surface area (Å²) in [6.07, 6.45) is 3.40. The topological polar surface area (TPSA) is 53.1 Å². The van der Waals surface area contributed by atoms with E-state index in [1.807, 2.05) is 7.05 Å². The Morgan fingerprint density at radius 3 is 2.45 bits per heavy atom. The monoisotopic (exact) mass is 277 g/mol. The lowest BCUT2D eigenvalue weighted by Gasteiger charge is -2.29. The lowest BCUT2D eigenvalue weighted by Crippen LogP contribution is -2.33. The lowest BCUT2D eigenvalue weighted by molar-refractivity contribution is 0.226. The van der Waals surface area contributed by atoms with Crippen LogP contribution in [0.3, 0.4) is 0 Å². The third kappa shape index (κ3) is 3.60. The molecule has 0 radical (unpaired) electrons. The number of hydrogen-bond acceptors (Lipinski definition) is 5. The van der Waals surface area contributed by atoms with Gasteiger partial charge in [0.05, 0.1) is 0 Å². The highest BCUT2D eigenvalue weighted by Gasteiger charge is 2.17. The summed E-state index contributed by atoms with van der Waals surface area (Å²) in [6.45, 7) is 7.58. The van der Waals surface area contributed by atoms with Gasteiger partial charge in [-0.25, -0.2) is 9.97 Å². The second-order valence-corrected chi connectivity index (χ2v) is 5.69. The molecule has 5 nitrogen and oxygen atoms in total. The van der Waals surface area contributed by atoms with E-state index in [0.717, 1.165) is 41.9 Å². The van der Waals surface area contributed by atoms with Gasteiger partial charge >= 0.3 is 0 Å². The van der Waals surface area contributed by atoms with E-state index < -0.39 is 0 Å². The Kier molecular flexibility index (Phi) is 5.17. The van der Waals surface area contributed by atoms with Gasteiger partial charge in [-0.2, -0.15) is 0 Å². The molecule has 0 amide bonds. The fourth-order valence-electron chi connectivity index (χ4n) is 2.64. The molecule has 1 saturated heterocycles. The number of likely N-dealkylation sites (tertiary alicyclic amines) is 1.